The zero-order valence-electron chi connectivity index (χ0n) is 10.6. The highest BCUT2D eigenvalue weighted by Crippen LogP contribution is 2.33. The Morgan fingerprint density at radius 1 is 1.25 bits per heavy atom. The summed E-state index contributed by atoms with van der Waals surface area (Å²) in [6, 6.07) is 9.58. The number of amides is 1. The van der Waals surface area contributed by atoms with E-state index < -0.39 is 0 Å². The average molecular weight is 291 g/mol. The fourth-order valence-electron chi connectivity index (χ4n) is 2.38. The van der Waals surface area contributed by atoms with Crippen LogP contribution in [0.15, 0.2) is 36.4 Å². The lowest BCUT2D eigenvalue weighted by atomic mass is 10.1. The van der Waals surface area contributed by atoms with Gasteiger partial charge in [-0.15, -0.1) is 0 Å². The number of anilines is 2. The second kappa shape index (κ2) is 4.80. The molecule has 0 fully saturated rings. The van der Waals surface area contributed by atoms with E-state index in [1.54, 1.807) is 23.1 Å². The number of hydrogen-bond acceptors (Lipinski definition) is 2. The number of benzene rings is 2. The molecule has 20 heavy (non-hydrogen) atoms. The van der Waals surface area contributed by atoms with Crippen molar-refractivity contribution in [2.24, 2.45) is 0 Å². The number of nitrogen functional groups attached to an aromatic ring is 1. The van der Waals surface area contributed by atoms with E-state index in [4.69, 9.17) is 17.3 Å². The fourth-order valence-corrected chi connectivity index (χ4v) is 2.55. The van der Waals surface area contributed by atoms with Crippen LogP contribution in [0.1, 0.15) is 11.1 Å². The number of fused-ring (bicyclic) bond motifs is 1. The molecule has 2 aromatic rings. The fraction of sp³-hybridized carbons (Fsp3) is 0.133. The Kier molecular flexibility index (Phi) is 3.10. The first kappa shape index (κ1) is 12.9. The molecule has 0 saturated heterocycles. The largest absolute Gasteiger partial charge is 0.398 e. The van der Waals surface area contributed by atoms with Gasteiger partial charge in [-0.05, 0) is 35.4 Å². The molecule has 102 valence electrons. The Hall–Kier alpha value is -2.07. The molecule has 0 saturated carbocycles. The molecule has 3 rings (SSSR count). The molecular weight excluding hydrogens is 279 g/mol. The summed E-state index contributed by atoms with van der Waals surface area (Å²) in [5.74, 6) is -0.395. The van der Waals surface area contributed by atoms with Gasteiger partial charge < -0.3 is 10.6 Å². The van der Waals surface area contributed by atoms with Gasteiger partial charge in [0.2, 0.25) is 5.91 Å². The Bertz CT molecular complexity index is 702. The minimum absolute atomic E-state index is 0.00834. The first-order chi connectivity index (χ1) is 9.54. The second-order valence-corrected chi connectivity index (χ2v) is 5.21. The van der Waals surface area contributed by atoms with Crippen molar-refractivity contribution in [1.29, 1.82) is 0 Å². The Balaban J connectivity index is 1.95. The molecule has 0 unspecified atom stereocenters. The minimum atomic E-state index is -0.387. The van der Waals surface area contributed by atoms with E-state index in [0.717, 1.165) is 11.3 Å². The topological polar surface area (TPSA) is 46.3 Å². The van der Waals surface area contributed by atoms with Gasteiger partial charge in [-0.1, -0.05) is 23.7 Å². The van der Waals surface area contributed by atoms with Crippen LogP contribution in [0.5, 0.6) is 0 Å². The van der Waals surface area contributed by atoms with Crippen LogP contribution in [0.3, 0.4) is 0 Å². The van der Waals surface area contributed by atoms with Crippen LogP contribution < -0.4 is 10.6 Å². The summed E-state index contributed by atoms with van der Waals surface area (Å²) in [4.78, 5) is 13.7. The maximum absolute atomic E-state index is 13.1. The van der Waals surface area contributed by atoms with Crippen molar-refractivity contribution in [2.75, 3.05) is 10.6 Å². The van der Waals surface area contributed by atoms with E-state index in [2.05, 4.69) is 0 Å². The maximum Gasteiger partial charge on any atom is 0.231 e. The summed E-state index contributed by atoms with van der Waals surface area (Å²) in [5, 5.41) is 0.579. The highest BCUT2D eigenvalue weighted by molar-refractivity contribution is 6.31. The van der Waals surface area contributed by atoms with E-state index in [1.807, 2.05) is 6.07 Å². The Labute approximate surface area is 120 Å². The molecule has 0 aliphatic carbocycles. The molecule has 2 N–H and O–H groups in total. The molecule has 0 aromatic heterocycles. The zero-order chi connectivity index (χ0) is 14.3. The maximum atomic E-state index is 13.1. The third-order valence-corrected chi connectivity index (χ3v) is 3.65. The van der Waals surface area contributed by atoms with Gasteiger partial charge in [-0.25, -0.2) is 4.39 Å². The summed E-state index contributed by atoms with van der Waals surface area (Å²) in [5.41, 5.74) is 8.59. The van der Waals surface area contributed by atoms with E-state index in [1.165, 1.54) is 12.1 Å². The van der Waals surface area contributed by atoms with Crippen LogP contribution in [-0.4, -0.2) is 5.91 Å². The number of halogens is 2. The molecule has 0 radical (unpaired) electrons. The van der Waals surface area contributed by atoms with Crippen LogP contribution in [0.2, 0.25) is 5.02 Å². The molecule has 0 bridgehead atoms. The lowest BCUT2D eigenvalue weighted by Crippen LogP contribution is -2.26. The van der Waals surface area contributed by atoms with Crippen molar-refractivity contribution in [3.05, 3.63) is 58.4 Å². The Morgan fingerprint density at radius 3 is 2.80 bits per heavy atom. The van der Waals surface area contributed by atoms with Crippen LogP contribution in [-0.2, 0) is 17.8 Å². The normalized spacial score (nSPS) is 13.7. The number of nitrogens with two attached hydrogens (primary N) is 1. The van der Waals surface area contributed by atoms with Crippen LogP contribution in [0, 0.1) is 5.82 Å². The van der Waals surface area contributed by atoms with E-state index >= 15 is 0 Å². The standard InChI is InChI=1S/C15H12ClFN2O/c16-11-3-1-9-5-15(20)19(14(9)6-11)8-10-2-4-12(17)7-13(10)18/h1-4,6-7H,5,8,18H2. The number of carbonyl (C=O) groups is 1. The van der Waals surface area contributed by atoms with Crippen LogP contribution in [0.25, 0.3) is 0 Å². The molecule has 1 amide bonds. The molecule has 2 aromatic carbocycles. The van der Waals surface area contributed by atoms with Gasteiger partial charge in [-0.3, -0.25) is 4.79 Å². The molecular formula is C15H12ClFN2O. The molecule has 0 spiro atoms. The second-order valence-electron chi connectivity index (χ2n) is 4.77. The lowest BCUT2D eigenvalue weighted by molar-refractivity contribution is -0.117. The smallest absolute Gasteiger partial charge is 0.231 e. The van der Waals surface area contributed by atoms with Gasteiger partial charge in [0.25, 0.3) is 0 Å². The number of rotatable bonds is 2. The third kappa shape index (κ3) is 2.23. The van der Waals surface area contributed by atoms with E-state index in [9.17, 15) is 9.18 Å². The SMILES string of the molecule is Nc1cc(F)ccc1CN1C(=O)Cc2ccc(Cl)cc21. The average Bonchev–Trinajstić information content (AvgIpc) is 2.69. The van der Waals surface area contributed by atoms with Crippen molar-refractivity contribution in [2.45, 2.75) is 13.0 Å². The van der Waals surface area contributed by atoms with Gasteiger partial charge in [0.05, 0.1) is 13.0 Å². The van der Waals surface area contributed by atoms with Gasteiger partial charge in [-0.2, -0.15) is 0 Å². The molecule has 1 aliphatic heterocycles. The summed E-state index contributed by atoms with van der Waals surface area (Å²) in [7, 11) is 0. The van der Waals surface area contributed by atoms with Crippen molar-refractivity contribution < 1.29 is 9.18 Å². The summed E-state index contributed by atoms with van der Waals surface area (Å²) < 4.78 is 13.1. The first-order valence-electron chi connectivity index (χ1n) is 6.17. The molecule has 5 heteroatoms. The van der Waals surface area contributed by atoms with Crippen molar-refractivity contribution in [1.82, 2.24) is 0 Å². The van der Waals surface area contributed by atoms with E-state index in [-0.39, 0.29) is 11.7 Å². The van der Waals surface area contributed by atoms with Crippen LogP contribution >= 0.6 is 11.6 Å². The summed E-state index contributed by atoms with van der Waals surface area (Å²) in [6.07, 6.45) is 0.355. The highest BCUT2D eigenvalue weighted by Gasteiger charge is 2.27. The van der Waals surface area contributed by atoms with E-state index in [0.29, 0.717) is 29.2 Å². The molecule has 3 nitrogen and oxygen atoms in total. The highest BCUT2D eigenvalue weighted by atomic mass is 35.5. The number of carbonyl (C=O) groups excluding carboxylic acids is 1. The lowest BCUT2D eigenvalue weighted by Gasteiger charge is -2.19. The van der Waals surface area contributed by atoms with Gasteiger partial charge in [0, 0.05) is 16.4 Å². The first-order valence-corrected chi connectivity index (χ1v) is 6.55. The quantitative estimate of drug-likeness (QED) is 0.864. The van der Waals surface area contributed by atoms with Crippen molar-refractivity contribution in [3.8, 4) is 0 Å². The summed E-state index contributed by atoms with van der Waals surface area (Å²) >= 11 is 5.98. The minimum Gasteiger partial charge on any atom is -0.398 e. The van der Waals surface area contributed by atoms with Gasteiger partial charge in [0.1, 0.15) is 5.82 Å². The summed E-state index contributed by atoms with van der Waals surface area (Å²) in [6.45, 7) is 0.318. The molecule has 1 heterocycles. The Morgan fingerprint density at radius 2 is 2.05 bits per heavy atom. The molecule has 1 aliphatic rings. The van der Waals surface area contributed by atoms with Crippen molar-refractivity contribution >= 4 is 28.9 Å². The third-order valence-electron chi connectivity index (χ3n) is 3.42. The van der Waals surface area contributed by atoms with Crippen LogP contribution in [0.4, 0.5) is 15.8 Å². The zero-order valence-corrected chi connectivity index (χ0v) is 11.3. The monoisotopic (exact) mass is 290 g/mol. The predicted molar refractivity (Wildman–Crippen MR) is 77.2 cm³/mol. The van der Waals surface area contributed by atoms with Gasteiger partial charge >= 0.3 is 0 Å². The number of hydrogen-bond donors (Lipinski definition) is 1. The van der Waals surface area contributed by atoms with Crippen molar-refractivity contribution in [3.63, 3.8) is 0 Å². The van der Waals surface area contributed by atoms with Gasteiger partial charge in [0.15, 0.2) is 0 Å². The predicted octanol–water partition coefficient (Wildman–Crippen LogP) is 3.15. The molecule has 0 atom stereocenters. The number of nitrogens with zero attached hydrogens (tertiary/aromatic N) is 1.